The first-order valence-electron chi connectivity index (χ1n) is 9.49. The van der Waals surface area contributed by atoms with E-state index in [0.717, 1.165) is 17.7 Å². The second-order valence-corrected chi connectivity index (χ2v) is 6.89. The van der Waals surface area contributed by atoms with Crippen LogP contribution >= 0.6 is 0 Å². The molecule has 3 rings (SSSR count). The summed E-state index contributed by atoms with van der Waals surface area (Å²) < 4.78 is 15.6. The van der Waals surface area contributed by atoms with Crippen LogP contribution in [0, 0.1) is 11.8 Å². The molecule has 0 aromatic heterocycles. The third kappa shape index (κ3) is 5.19. The van der Waals surface area contributed by atoms with E-state index >= 15 is 0 Å². The molecule has 0 saturated heterocycles. The number of amides is 2. The summed E-state index contributed by atoms with van der Waals surface area (Å²) in [6.45, 7) is 0.530. The fourth-order valence-corrected chi connectivity index (χ4v) is 3.16. The molecule has 154 valence electrons. The lowest BCUT2D eigenvalue weighted by molar-refractivity contribution is -0.125. The predicted molar refractivity (Wildman–Crippen MR) is 109 cm³/mol. The number of hydrogen-bond donors (Lipinski definition) is 2. The summed E-state index contributed by atoms with van der Waals surface area (Å²) in [6, 6.07) is 12.9. The molecular weight excluding hydrogens is 372 g/mol. The lowest BCUT2D eigenvalue weighted by atomic mass is 10.1. The highest BCUT2D eigenvalue weighted by atomic mass is 16.5. The minimum atomic E-state index is -0.317. The van der Waals surface area contributed by atoms with Crippen LogP contribution in [-0.2, 0) is 16.0 Å². The number of rotatable bonds is 9. The van der Waals surface area contributed by atoms with E-state index in [4.69, 9.17) is 14.2 Å². The summed E-state index contributed by atoms with van der Waals surface area (Å²) in [4.78, 5) is 24.8. The van der Waals surface area contributed by atoms with E-state index in [9.17, 15) is 9.59 Å². The van der Waals surface area contributed by atoms with Crippen molar-refractivity contribution < 1.29 is 23.8 Å². The van der Waals surface area contributed by atoms with E-state index in [1.54, 1.807) is 32.4 Å². The van der Waals surface area contributed by atoms with Gasteiger partial charge in [0.2, 0.25) is 11.8 Å². The summed E-state index contributed by atoms with van der Waals surface area (Å²) in [6.07, 6.45) is 1.28. The minimum absolute atomic E-state index is 0.0830. The van der Waals surface area contributed by atoms with Crippen molar-refractivity contribution in [2.75, 3.05) is 33.2 Å². The Balaban J connectivity index is 1.46. The molecule has 1 saturated carbocycles. The van der Waals surface area contributed by atoms with Crippen molar-refractivity contribution in [2.24, 2.45) is 11.8 Å². The first-order valence-corrected chi connectivity index (χ1v) is 9.49. The lowest BCUT2D eigenvalue weighted by Gasteiger charge is -2.11. The van der Waals surface area contributed by atoms with Gasteiger partial charge in [-0.1, -0.05) is 12.1 Å². The van der Waals surface area contributed by atoms with Gasteiger partial charge in [0, 0.05) is 12.6 Å². The van der Waals surface area contributed by atoms with E-state index in [-0.39, 0.29) is 23.7 Å². The summed E-state index contributed by atoms with van der Waals surface area (Å²) in [5.74, 6) is 1.10. The number of benzene rings is 2. The third-order valence-electron chi connectivity index (χ3n) is 5.00. The van der Waals surface area contributed by atoms with Crippen molar-refractivity contribution >= 4 is 17.5 Å². The number of carbonyl (C=O) groups excluding carboxylic acids is 2. The third-order valence-corrected chi connectivity index (χ3v) is 5.00. The predicted octanol–water partition coefficient (Wildman–Crippen LogP) is 2.65. The molecule has 7 nitrogen and oxygen atoms in total. The van der Waals surface area contributed by atoms with Crippen LogP contribution in [0.1, 0.15) is 12.0 Å². The highest BCUT2D eigenvalue weighted by molar-refractivity contribution is 6.00. The van der Waals surface area contributed by atoms with Gasteiger partial charge in [0.15, 0.2) is 0 Å². The van der Waals surface area contributed by atoms with Crippen molar-refractivity contribution in [3.8, 4) is 17.2 Å². The average Bonchev–Trinajstić information content (AvgIpc) is 3.55. The molecular formula is C22H26N2O5. The number of methoxy groups -OCH3 is 3. The fourth-order valence-electron chi connectivity index (χ4n) is 3.16. The van der Waals surface area contributed by atoms with Gasteiger partial charge in [0.05, 0.1) is 38.9 Å². The largest absolute Gasteiger partial charge is 0.497 e. The van der Waals surface area contributed by atoms with Crippen molar-refractivity contribution in [1.82, 2.24) is 5.32 Å². The molecule has 0 aliphatic heterocycles. The molecule has 2 atom stereocenters. The number of anilines is 1. The zero-order valence-electron chi connectivity index (χ0n) is 16.9. The molecule has 1 fully saturated rings. The highest BCUT2D eigenvalue weighted by Gasteiger charge is 2.48. The van der Waals surface area contributed by atoms with Crippen LogP contribution in [0.25, 0.3) is 0 Å². The molecule has 0 radical (unpaired) electrons. The molecule has 1 aliphatic rings. The Morgan fingerprint density at radius 2 is 1.55 bits per heavy atom. The zero-order chi connectivity index (χ0) is 20.8. The van der Waals surface area contributed by atoms with Gasteiger partial charge < -0.3 is 24.8 Å². The highest BCUT2D eigenvalue weighted by Crippen LogP contribution is 2.40. The van der Waals surface area contributed by atoms with Gasteiger partial charge in [-0.3, -0.25) is 9.59 Å². The first-order chi connectivity index (χ1) is 14.0. The Kier molecular flexibility index (Phi) is 6.59. The van der Waals surface area contributed by atoms with Gasteiger partial charge in [-0.05, 0) is 42.7 Å². The zero-order valence-corrected chi connectivity index (χ0v) is 16.9. The molecule has 0 heterocycles. The van der Waals surface area contributed by atoms with Crippen molar-refractivity contribution in [2.45, 2.75) is 12.8 Å². The molecule has 1 aliphatic carbocycles. The second kappa shape index (κ2) is 9.32. The van der Waals surface area contributed by atoms with E-state index in [1.165, 1.54) is 7.11 Å². The van der Waals surface area contributed by atoms with Crippen LogP contribution < -0.4 is 24.8 Å². The van der Waals surface area contributed by atoms with Gasteiger partial charge in [-0.2, -0.15) is 0 Å². The van der Waals surface area contributed by atoms with Crippen molar-refractivity contribution in [3.05, 3.63) is 48.0 Å². The molecule has 29 heavy (non-hydrogen) atoms. The number of ether oxygens (including phenoxy) is 3. The molecule has 7 heteroatoms. The van der Waals surface area contributed by atoms with Gasteiger partial charge >= 0.3 is 0 Å². The smallest absolute Gasteiger partial charge is 0.228 e. The Morgan fingerprint density at radius 3 is 2.21 bits per heavy atom. The van der Waals surface area contributed by atoms with Crippen molar-refractivity contribution in [3.63, 3.8) is 0 Å². The lowest BCUT2D eigenvalue weighted by Crippen LogP contribution is -2.29. The molecule has 2 amide bonds. The maximum absolute atomic E-state index is 12.5. The molecule has 2 aromatic rings. The molecule has 2 N–H and O–H groups in total. The maximum atomic E-state index is 12.5. The van der Waals surface area contributed by atoms with Crippen LogP contribution in [0.4, 0.5) is 5.69 Å². The maximum Gasteiger partial charge on any atom is 0.228 e. The number of hydrogen-bond acceptors (Lipinski definition) is 5. The quantitative estimate of drug-likeness (QED) is 0.678. The Hall–Kier alpha value is -3.22. The van der Waals surface area contributed by atoms with Crippen LogP contribution in [0.3, 0.4) is 0 Å². The van der Waals surface area contributed by atoms with Crippen LogP contribution in [0.5, 0.6) is 17.2 Å². The van der Waals surface area contributed by atoms with E-state index in [0.29, 0.717) is 30.2 Å². The van der Waals surface area contributed by atoms with Crippen LogP contribution in [0.15, 0.2) is 42.5 Å². The van der Waals surface area contributed by atoms with E-state index < -0.39 is 0 Å². The van der Waals surface area contributed by atoms with Gasteiger partial charge in [-0.25, -0.2) is 0 Å². The monoisotopic (exact) mass is 398 g/mol. The summed E-state index contributed by atoms with van der Waals surface area (Å²) >= 11 is 0. The van der Waals surface area contributed by atoms with E-state index in [2.05, 4.69) is 10.6 Å². The summed E-state index contributed by atoms with van der Waals surface area (Å²) in [5, 5.41) is 5.76. The normalized spacial score (nSPS) is 17.2. The van der Waals surface area contributed by atoms with Gasteiger partial charge in [-0.15, -0.1) is 0 Å². The van der Waals surface area contributed by atoms with Crippen LogP contribution in [0.2, 0.25) is 0 Å². The molecule has 0 bridgehead atoms. The molecule has 0 spiro atoms. The Morgan fingerprint density at radius 1 is 0.897 bits per heavy atom. The fraction of sp³-hybridized carbons (Fsp3) is 0.364. The summed E-state index contributed by atoms with van der Waals surface area (Å²) in [7, 11) is 4.72. The van der Waals surface area contributed by atoms with Gasteiger partial charge in [0.25, 0.3) is 0 Å². The summed E-state index contributed by atoms with van der Waals surface area (Å²) in [5.41, 5.74) is 1.67. The number of nitrogens with one attached hydrogen (secondary N) is 2. The first kappa shape index (κ1) is 20.5. The Bertz CT molecular complexity index is 866. The Labute approximate surface area is 170 Å². The molecule has 2 unspecified atom stereocenters. The topological polar surface area (TPSA) is 85.9 Å². The average molecular weight is 398 g/mol. The van der Waals surface area contributed by atoms with E-state index in [1.807, 2.05) is 24.3 Å². The van der Waals surface area contributed by atoms with Crippen molar-refractivity contribution in [1.29, 1.82) is 0 Å². The van der Waals surface area contributed by atoms with Crippen LogP contribution in [-0.4, -0.2) is 39.7 Å². The second-order valence-electron chi connectivity index (χ2n) is 6.89. The van der Waals surface area contributed by atoms with Gasteiger partial charge in [0.1, 0.15) is 17.2 Å². The molecule has 2 aromatic carbocycles. The SMILES string of the molecule is COc1ccc(CCNC(=O)C2CC2C(=O)Nc2ccc(OC)cc2OC)cc1. The number of carbonyl (C=O) groups is 2. The minimum Gasteiger partial charge on any atom is -0.497 e. The standard InChI is InChI=1S/C22H26N2O5/c1-27-15-6-4-14(5-7-15)10-11-23-21(25)17-13-18(17)22(26)24-19-9-8-16(28-2)12-20(19)29-3/h4-9,12,17-18H,10-11,13H2,1-3H3,(H,23,25)(H,24,26).